The van der Waals surface area contributed by atoms with E-state index in [0.717, 1.165) is 54.6 Å². The Morgan fingerprint density at radius 3 is 2.64 bits per heavy atom. The van der Waals surface area contributed by atoms with E-state index in [2.05, 4.69) is 15.3 Å². The molecule has 1 amide bonds. The maximum Gasteiger partial charge on any atom is 0.253 e. The van der Waals surface area contributed by atoms with Crippen LogP contribution in [-0.2, 0) is 6.54 Å². The molecule has 1 aromatic carbocycles. The molecule has 116 valence electrons. The Bertz CT molecular complexity index is 659. The van der Waals surface area contributed by atoms with Crippen LogP contribution in [0, 0.1) is 13.8 Å². The Kier molecular flexibility index (Phi) is 4.55. The fraction of sp³-hybridized carbons (Fsp3) is 0.412. The third-order valence-corrected chi connectivity index (χ3v) is 4.80. The van der Waals surface area contributed by atoms with Crippen molar-refractivity contribution in [3.8, 4) is 0 Å². The number of piperazine rings is 1. The summed E-state index contributed by atoms with van der Waals surface area (Å²) >= 11 is 1.69. The summed E-state index contributed by atoms with van der Waals surface area (Å²) in [5, 5.41) is 3.24. The first-order valence-corrected chi connectivity index (χ1v) is 8.49. The normalized spacial score (nSPS) is 16.0. The van der Waals surface area contributed by atoms with Gasteiger partial charge in [-0.3, -0.25) is 9.69 Å². The van der Waals surface area contributed by atoms with E-state index < -0.39 is 0 Å². The largest absolute Gasteiger partial charge is 0.336 e. The van der Waals surface area contributed by atoms with Gasteiger partial charge in [-0.05, 0) is 26.0 Å². The third kappa shape index (κ3) is 3.54. The first-order chi connectivity index (χ1) is 10.6. The summed E-state index contributed by atoms with van der Waals surface area (Å²) in [6.07, 6.45) is 0. The predicted octanol–water partition coefficient (Wildman–Crippen LogP) is 2.72. The Labute approximate surface area is 135 Å². The summed E-state index contributed by atoms with van der Waals surface area (Å²) in [5.74, 6) is 0.146. The molecule has 1 aromatic heterocycles. The van der Waals surface area contributed by atoms with Gasteiger partial charge in [0.15, 0.2) is 0 Å². The van der Waals surface area contributed by atoms with Gasteiger partial charge in [-0.25, -0.2) is 4.98 Å². The number of aryl methyl sites for hydroxylation is 2. The summed E-state index contributed by atoms with van der Waals surface area (Å²) in [7, 11) is 0. The van der Waals surface area contributed by atoms with Crippen LogP contribution in [0.2, 0.25) is 0 Å². The van der Waals surface area contributed by atoms with Gasteiger partial charge in [-0.1, -0.05) is 17.7 Å². The van der Waals surface area contributed by atoms with Gasteiger partial charge in [0.2, 0.25) is 0 Å². The van der Waals surface area contributed by atoms with Crippen LogP contribution in [0.1, 0.15) is 26.6 Å². The van der Waals surface area contributed by atoms with Crippen molar-refractivity contribution < 1.29 is 4.79 Å². The number of carbonyl (C=O) groups excluding carboxylic acids is 1. The van der Waals surface area contributed by atoms with Gasteiger partial charge >= 0.3 is 0 Å². The molecule has 0 aliphatic carbocycles. The van der Waals surface area contributed by atoms with Crippen LogP contribution >= 0.6 is 11.3 Å². The average Bonchev–Trinajstić information content (AvgIpc) is 2.92. The maximum atomic E-state index is 12.5. The van der Waals surface area contributed by atoms with E-state index in [1.165, 1.54) is 0 Å². The van der Waals surface area contributed by atoms with Gasteiger partial charge in [0.05, 0.1) is 10.7 Å². The second-order valence-electron chi connectivity index (χ2n) is 5.80. The Balaban J connectivity index is 1.56. The standard InChI is InChI=1S/C17H21N3OS/c1-13-4-3-5-15(10-13)17(21)20-8-6-19(7-9-20)11-16-12-22-14(2)18-16/h3-5,10,12H,6-9,11H2,1-2H3. The van der Waals surface area contributed by atoms with Crippen LogP contribution in [0.15, 0.2) is 29.6 Å². The van der Waals surface area contributed by atoms with E-state index in [0.29, 0.717) is 0 Å². The lowest BCUT2D eigenvalue weighted by molar-refractivity contribution is 0.0627. The van der Waals surface area contributed by atoms with Crippen molar-refractivity contribution in [2.45, 2.75) is 20.4 Å². The van der Waals surface area contributed by atoms with Crippen molar-refractivity contribution in [1.29, 1.82) is 0 Å². The minimum Gasteiger partial charge on any atom is -0.336 e. The second-order valence-corrected chi connectivity index (χ2v) is 6.86. The molecule has 1 saturated heterocycles. The van der Waals surface area contributed by atoms with Crippen LogP contribution in [0.4, 0.5) is 0 Å². The second kappa shape index (κ2) is 6.58. The molecular weight excluding hydrogens is 294 g/mol. The van der Waals surface area contributed by atoms with Gasteiger partial charge in [-0.15, -0.1) is 11.3 Å². The highest BCUT2D eigenvalue weighted by atomic mass is 32.1. The molecule has 1 fully saturated rings. The highest BCUT2D eigenvalue weighted by Gasteiger charge is 2.22. The zero-order valence-electron chi connectivity index (χ0n) is 13.1. The zero-order chi connectivity index (χ0) is 15.5. The number of benzene rings is 1. The summed E-state index contributed by atoms with van der Waals surface area (Å²) < 4.78 is 0. The number of thiazole rings is 1. The molecule has 4 nitrogen and oxygen atoms in total. The predicted molar refractivity (Wildman–Crippen MR) is 89.2 cm³/mol. The summed E-state index contributed by atoms with van der Waals surface area (Å²) in [6, 6.07) is 7.83. The molecule has 0 unspecified atom stereocenters. The Morgan fingerprint density at radius 1 is 1.23 bits per heavy atom. The van der Waals surface area contributed by atoms with Crippen LogP contribution in [0.25, 0.3) is 0 Å². The molecule has 2 aromatic rings. The minimum atomic E-state index is 0.146. The van der Waals surface area contributed by atoms with E-state index in [-0.39, 0.29) is 5.91 Å². The van der Waals surface area contributed by atoms with Crippen molar-refractivity contribution in [1.82, 2.24) is 14.8 Å². The molecule has 22 heavy (non-hydrogen) atoms. The molecule has 0 spiro atoms. The number of carbonyl (C=O) groups is 1. The van der Waals surface area contributed by atoms with Crippen LogP contribution in [-0.4, -0.2) is 46.9 Å². The van der Waals surface area contributed by atoms with Crippen molar-refractivity contribution >= 4 is 17.2 Å². The summed E-state index contributed by atoms with van der Waals surface area (Å²) in [4.78, 5) is 21.4. The lowest BCUT2D eigenvalue weighted by atomic mass is 10.1. The fourth-order valence-electron chi connectivity index (χ4n) is 2.78. The van der Waals surface area contributed by atoms with Gasteiger partial charge in [-0.2, -0.15) is 0 Å². The van der Waals surface area contributed by atoms with E-state index in [9.17, 15) is 4.79 Å². The lowest BCUT2D eigenvalue weighted by Gasteiger charge is -2.34. The minimum absolute atomic E-state index is 0.146. The van der Waals surface area contributed by atoms with Gasteiger partial charge < -0.3 is 4.90 Å². The number of hydrogen-bond donors (Lipinski definition) is 0. The molecule has 0 bridgehead atoms. The smallest absolute Gasteiger partial charge is 0.253 e. The summed E-state index contributed by atoms with van der Waals surface area (Å²) in [6.45, 7) is 8.34. The first-order valence-electron chi connectivity index (χ1n) is 7.61. The van der Waals surface area contributed by atoms with E-state index >= 15 is 0 Å². The monoisotopic (exact) mass is 315 g/mol. The number of aromatic nitrogens is 1. The van der Waals surface area contributed by atoms with E-state index in [4.69, 9.17) is 0 Å². The topological polar surface area (TPSA) is 36.4 Å². The van der Waals surface area contributed by atoms with Gasteiger partial charge in [0, 0.05) is 43.7 Å². The molecule has 1 aliphatic heterocycles. The number of nitrogens with zero attached hydrogens (tertiary/aromatic N) is 3. The van der Waals surface area contributed by atoms with Gasteiger partial charge in [0.1, 0.15) is 0 Å². The van der Waals surface area contributed by atoms with Crippen molar-refractivity contribution in [2.75, 3.05) is 26.2 Å². The lowest BCUT2D eigenvalue weighted by Crippen LogP contribution is -2.48. The van der Waals surface area contributed by atoms with Crippen molar-refractivity contribution in [2.24, 2.45) is 0 Å². The average molecular weight is 315 g/mol. The third-order valence-electron chi connectivity index (χ3n) is 3.98. The number of hydrogen-bond acceptors (Lipinski definition) is 4. The highest BCUT2D eigenvalue weighted by molar-refractivity contribution is 7.09. The molecule has 2 heterocycles. The molecule has 0 N–H and O–H groups in total. The maximum absolute atomic E-state index is 12.5. The molecule has 1 aliphatic rings. The van der Waals surface area contributed by atoms with Crippen molar-refractivity contribution in [3.63, 3.8) is 0 Å². The van der Waals surface area contributed by atoms with E-state index in [1.807, 2.05) is 43.0 Å². The number of rotatable bonds is 3. The molecule has 0 radical (unpaired) electrons. The summed E-state index contributed by atoms with van der Waals surface area (Å²) in [5.41, 5.74) is 3.06. The molecular formula is C17H21N3OS. The van der Waals surface area contributed by atoms with Crippen LogP contribution < -0.4 is 0 Å². The molecule has 0 atom stereocenters. The van der Waals surface area contributed by atoms with Crippen LogP contribution in [0.5, 0.6) is 0 Å². The Hall–Kier alpha value is -1.72. The number of amides is 1. The molecule has 5 heteroatoms. The fourth-order valence-corrected chi connectivity index (χ4v) is 3.38. The van der Waals surface area contributed by atoms with E-state index in [1.54, 1.807) is 11.3 Å². The quantitative estimate of drug-likeness (QED) is 0.874. The van der Waals surface area contributed by atoms with Gasteiger partial charge in [0.25, 0.3) is 5.91 Å². The molecule has 0 saturated carbocycles. The molecule has 3 rings (SSSR count). The van der Waals surface area contributed by atoms with Crippen LogP contribution in [0.3, 0.4) is 0 Å². The Morgan fingerprint density at radius 2 is 2.00 bits per heavy atom. The first kappa shape index (κ1) is 15.2. The highest BCUT2D eigenvalue weighted by Crippen LogP contribution is 2.14. The zero-order valence-corrected chi connectivity index (χ0v) is 13.9. The SMILES string of the molecule is Cc1cccc(C(=O)N2CCN(Cc3csc(C)n3)CC2)c1. The van der Waals surface area contributed by atoms with Crippen molar-refractivity contribution in [3.05, 3.63) is 51.5 Å².